The van der Waals surface area contributed by atoms with E-state index in [1.54, 1.807) is 6.07 Å². The van der Waals surface area contributed by atoms with Gasteiger partial charge in [0.05, 0.1) is 12.0 Å². The number of carbonyl (C=O) groups is 1. The maximum atomic E-state index is 11.3. The molecule has 0 saturated heterocycles. The Morgan fingerprint density at radius 3 is 2.69 bits per heavy atom. The molecule has 1 N–H and O–H groups in total. The number of carboxylic acids is 1. The summed E-state index contributed by atoms with van der Waals surface area (Å²) in [6, 6.07) is 3.67. The molecule has 0 unspecified atom stereocenters. The van der Waals surface area contributed by atoms with Crippen molar-refractivity contribution in [2.75, 3.05) is 0 Å². The Labute approximate surface area is 98.5 Å². The molecule has 0 aliphatic heterocycles. The number of aliphatic carboxylic acids is 1. The van der Waals surface area contributed by atoms with E-state index in [1.807, 2.05) is 6.07 Å². The van der Waals surface area contributed by atoms with Gasteiger partial charge in [-0.3, -0.25) is 4.79 Å². The molecule has 0 bridgehead atoms. The van der Waals surface area contributed by atoms with Gasteiger partial charge in [0.15, 0.2) is 0 Å². The topological polar surface area (TPSA) is 41.7 Å². The molecule has 1 fully saturated rings. The van der Waals surface area contributed by atoms with Crippen molar-refractivity contribution in [1.82, 2.24) is 0 Å². The Kier molecular flexibility index (Phi) is 2.97. The van der Waals surface area contributed by atoms with E-state index >= 15 is 0 Å². The fourth-order valence-corrected chi connectivity index (χ4v) is 3.31. The Morgan fingerprint density at radius 2 is 2.19 bits per heavy atom. The molecule has 4 heteroatoms. The Balaban J connectivity index is 2.18. The highest BCUT2D eigenvalue weighted by atomic mass is 32.1. The van der Waals surface area contributed by atoms with Crippen LogP contribution in [0.25, 0.3) is 4.85 Å². The van der Waals surface area contributed by atoms with Gasteiger partial charge in [-0.2, -0.15) is 11.3 Å². The van der Waals surface area contributed by atoms with Gasteiger partial charge >= 0.3 is 5.97 Å². The monoisotopic (exact) mass is 235 g/mol. The van der Waals surface area contributed by atoms with E-state index in [0.717, 1.165) is 30.6 Å². The summed E-state index contributed by atoms with van der Waals surface area (Å²) in [6.45, 7) is 6.89. The van der Waals surface area contributed by atoms with E-state index in [9.17, 15) is 9.90 Å². The van der Waals surface area contributed by atoms with Gasteiger partial charge in [-0.1, -0.05) is 18.9 Å². The molecule has 1 saturated carbocycles. The summed E-state index contributed by atoms with van der Waals surface area (Å²) in [5.74, 6) is -0.678. The lowest BCUT2D eigenvalue weighted by molar-refractivity contribution is -0.148. The SMILES string of the molecule is [C-]#[N+]c1ccc(CC2(C(=O)O)CCCC2)s1. The van der Waals surface area contributed by atoms with Crippen LogP contribution in [0.1, 0.15) is 30.6 Å². The highest BCUT2D eigenvalue weighted by Crippen LogP contribution is 2.43. The fourth-order valence-electron chi connectivity index (χ4n) is 2.37. The summed E-state index contributed by atoms with van der Waals surface area (Å²) in [6.07, 6.45) is 4.14. The molecule has 0 radical (unpaired) electrons. The Bertz CT molecular complexity index is 438. The van der Waals surface area contributed by atoms with E-state index in [1.165, 1.54) is 11.3 Å². The maximum Gasteiger partial charge on any atom is 0.309 e. The lowest BCUT2D eigenvalue weighted by atomic mass is 9.82. The van der Waals surface area contributed by atoms with Crippen molar-refractivity contribution in [2.45, 2.75) is 32.1 Å². The molecule has 2 rings (SSSR count). The zero-order chi connectivity index (χ0) is 11.6. The van der Waals surface area contributed by atoms with E-state index < -0.39 is 11.4 Å². The van der Waals surface area contributed by atoms with E-state index in [-0.39, 0.29) is 0 Å². The summed E-state index contributed by atoms with van der Waals surface area (Å²) >= 11 is 1.42. The molecule has 1 aliphatic rings. The largest absolute Gasteiger partial charge is 0.481 e. The first kappa shape index (κ1) is 11.2. The standard InChI is InChI=1S/C12H13NO2S/c1-13-10-5-4-9(16-10)8-12(11(14)15)6-2-3-7-12/h4-5H,2-3,6-8H2,(H,14,15). The van der Waals surface area contributed by atoms with Crippen molar-refractivity contribution in [2.24, 2.45) is 5.41 Å². The summed E-state index contributed by atoms with van der Waals surface area (Å²) in [7, 11) is 0. The van der Waals surface area contributed by atoms with Crippen LogP contribution in [-0.2, 0) is 11.2 Å². The highest BCUT2D eigenvalue weighted by molar-refractivity contribution is 7.16. The lowest BCUT2D eigenvalue weighted by Crippen LogP contribution is -2.29. The van der Waals surface area contributed by atoms with Gasteiger partial charge < -0.3 is 5.11 Å². The second-order valence-corrected chi connectivity index (χ2v) is 5.47. The van der Waals surface area contributed by atoms with E-state index in [2.05, 4.69) is 4.85 Å². The molecule has 1 aromatic rings. The molecule has 0 amide bonds. The minimum Gasteiger partial charge on any atom is -0.481 e. The predicted molar refractivity (Wildman–Crippen MR) is 62.8 cm³/mol. The summed E-state index contributed by atoms with van der Waals surface area (Å²) in [4.78, 5) is 15.7. The van der Waals surface area contributed by atoms with E-state index in [4.69, 9.17) is 6.57 Å². The molecule has 0 aromatic carbocycles. The van der Waals surface area contributed by atoms with Crippen molar-refractivity contribution in [3.05, 3.63) is 28.4 Å². The molecule has 16 heavy (non-hydrogen) atoms. The molecule has 1 heterocycles. The molecule has 84 valence electrons. The third-order valence-corrected chi connectivity index (χ3v) is 4.26. The average Bonchev–Trinajstić information content (AvgIpc) is 2.88. The van der Waals surface area contributed by atoms with Crippen molar-refractivity contribution in [3.63, 3.8) is 0 Å². The van der Waals surface area contributed by atoms with Gasteiger partial charge in [0, 0.05) is 0 Å². The number of thiophene rings is 1. The summed E-state index contributed by atoms with van der Waals surface area (Å²) in [5.41, 5.74) is -0.565. The Hall–Kier alpha value is -1.34. The third-order valence-electron chi connectivity index (χ3n) is 3.28. The van der Waals surface area contributed by atoms with Crippen LogP contribution < -0.4 is 0 Å². The van der Waals surface area contributed by atoms with Crippen LogP contribution in [0.3, 0.4) is 0 Å². The molecule has 1 aliphatic carbocycles. The lowest BCUT2D eigenvalue weighted by Gasteiger charge is -2.22. The van der Waals surface area contributed by atoms with Crippen LogP contribution in [0.4, 0.5) is 5.00 Å². The van der Waals surface area contributed by atoms with Gasteiger partial charge in [-0.15, -0.1) is 0 Å². The van der Waals surface area contributed by atoms with Gasteiger partial charge in [-0.05, 0) is 30.2 Å². The number of hydrogen-bond acceptors (Lipinski definition) is 2. The fraction of sp³-hybridized carbons (Fsp3) is 0.500. The second kappa shape index (κ2) is 4.26. The molecular formula is C12H13NO2S. The first-order valence-corrected chi connectivity index (χ1v) is 6.17. The molecular weight excluding hydrogens is 222 g/mol. The number of hydrogen-bond donors (Lipinski definition) is 1. The minimum absolute atomic E-state index is 0.565. The normalized spacial score (nSPS) is 18.2. The third kappa shape index (κ3) is 1.96. The van der Waals surface area contributed by atoms with Crippen LogP contribution in [0.15, 0.2) is 12.1 Å². The van der Waals surface area contributed by atoms with Crippen molar-refractivity contribution >= 4 is 22.3 Å². The summed E-state index contributed by atoms with van der Waals surface area (Å²) < 4.78 is 0. The number of rotatable bonds is 3. The predicted octanol–water partition coefficient (Wildman–Crippen LogP) is 3.49. The van der Waals surface area contributed by atoms with Gasteiger partial charge in [0.2, 0.25) is 5.00 Å². The number of nitrogens with zero attached hydrogens (tertiary/aromatic N) is 1. The van der Waals surface area contributed by atoms with Crippen LogP contribution in [-0.4, -0.2) is 11.1 Å². The molecule has 1 aromatic heterocycles. The smallest absolute Gasteiger partial charge is 0.309 e. The van der Waals surface area contributed by atoms with Crippen LogP contribution in [0, 0.1) is 12.0 Å². The van der Waals surface area contributed by atoms with Crippen LogP contribution >= 0.6 is 11.3 Å². The van der Waals surface area contributed by atoms with Gasteiger partial charge in [0.25, 0.3) is 0 Å². The summed E-state index contributed by atoms with van der Waals surface area (Å²) in [5, 5.41) is 9.98. The minimum atomic E-state index is -0.678. The van der Waals surface area contributed by atoms with Crippen LogP contribution in [0.5, 0.6) is 0 Å². The van der Waals surface area contributed by atoms with Gasteiger partial charge in [-0.25, -0.2) is 4.85 Å². The second-order valence-electron chi connectivity index (χ2n) is 4.32. The first-order valence-electron chi connectivity index (χ1n) is 5.36. The average molecular weight is 235 g/mol. The Morgan fingerprint density at radius 1 is 1.50 bits per heavy atom. The highest BCUT2D eigenvalue weighted by Gasteiger charge is 2.41. The van der Waals surface area contributed by atoms with Crippen molar-refractivity contribution < 1.29 is 9.90 Å². The first-order chi connectivity index (χ1) is 7.66. The molecule has 0 spiro atoms. The molecule has 3 nitrogen and oxygen atoms in total. The zero-order valence-electron chi connectivity index (χ0n) is 8.90. The molecule has 0 atom stereocenters. The van der Waals surface area contributed by atoms with Crippen LogP contribution in [0.2, 0.25) is 0 Å². The van der Waals surface area contributed by atoms with E-state index in [0.29, 0.717) is 11.4 Å². The van der Waals surface area contributed by atoms with Gasteiger partial charge in [0.1, 0.15) is 0 Å². The van der Waals surface area contributed by atoms with Crippen molar-refractivity contribution in [1.29, 1.82) is 0 Å². The number of carboxylic acid groups (broad SMARTS) is 1. The maximum absolute atomic E-state index is 11.3. The van der Waals surface area contributed by atoms with Crippen molar-refractivity contribution in [3.8, 4) is 0 Å². The zero-order valence-corrected chi connectivity index (χ0v) is 9.72. The quantitative estimate of drug-likeness (QED) is 0.815.